The summed E-state index contributed by atoms with van der Waals surface area (Å²) in [4.78, 5) is 4.21. The number of ether oxygens (including phenoxy) is 1. The zero-order valence-corrected chi connectivity index (χ0v) is 18.0. The van der Waals surface area contributed by atoms with Gasteiger partial charge in [0.2, 0.25) is 5.82 Å². The second-order valence-corrected chi connectivity index (χ2v) is 7.60. The van der Waals surface area contributed by atoms with Gasteiger partial charge in [-0.15, -0.1) is 0 Å². The highest BCUT2D eigenvalue weighted by molar-refractivity contribution is 6.12. The first kappa shape index (κ1) is 22.4. The molecule has 0 aliphatic carbocycles. The molecule has 7 N–H and O–H groups in total. The van der Waals surface area contributed by atoms with E-state index < -0.39 is 11.6 Å². The number of methoxy groups -OCH3 is 1. The van der Waals surface area contributed by atoms with Gasteiger partial charge in [0, 0.05) is 30.1 Å². The van der Waals surface area contributed by atoms with Crippen LogP contribution in [0.4, 0.5) is 20.3 Å². The number of halogens is 2. The summed E-state index contributed by atoms with van der Waals surface area (Å²) in [6.45, 7) is 1.85. The predicted molar refractivity (Wildman–Crippen MR) is 121 cm³/mol. The van der Waals surface area contributed by atoms with Crippen LogP contribution in [0.1, 0.15) is 24.4 Å². The molecule has 2 aromatic heterocycles. The smallest absolute Gasteiger partial charge is 0.202 e. The lowest BCUT2D eigenvalue weighted by atomic mass is 10.1. The molecule has 0 spiro atoms. The molecule has 0 bridgehead atoms. The molecule has 1 aliphatic rings. The molecule has 174 valence electrons. The average molecular weight is 457 g/mol. The number of nitrogens with one attached hydrogen (secondary N) is 1. The van der Waals surface area contributed by atoms with Gasteiger partial charge in [0.15, 0.2) is 17.4 Å². The maximum Gasteiger partial charge on any atom is 0.202 e. The van der Waals surface area contributed by atoms with Gasteiger partial charge in [0.05, 0.1) is 30.6 Å². The normalized spacial score (nSPS) is 16.6. The van der Waals surface area contributed by atoms with Crippen molar-refractivity contribution in [2.45, 2.75) is 18.9 Å². The Kier molecular flexibility index (Phi) is 6.38. The van der Waals surface area contributed by atoms with E-state index in [2.05, 4.69) is 20.5 Å². The summed E-state index contributed by atoms with van der Waals surface area (Å²) in [5, 5.41) is 12.3. The Hall–Kier alpha value is -3.77. The summed E-state index contributed by atoms with van der Waals surface area (Å²) in [5.41, 5.74) is 7.48. The summed E-state index contributed by atoms with van der Waals surface area (Å²) < 4.78 is 35.5. The Morgan fingerprint density at radius 1 is 1.27 bits per heavy atom. The molecular formula is C21H25F2N9O. The molecule has 1 aliphatic heterocycles. The number of anilines is 2. The third-order valence-corrected chi connectivity index (χ3v) is 5.60. The van der Waals surface area contributed by atoms with E-state index in [1.54, 1.807) is 18.5 Å². The fourth-order valence-corrected chi connectivity index (χ4v) is 3.80. The van der Waals surface area contributed by atoms with Gasteiger partial charge in [-0.1, -0.05) is 0 Å². The molecule has 10 nitrogen and oxygen atoms in total. The van der Waals surface area contributed by atoms with Gasteiger partial charge in [-0.25, -0.2) is 15.2 Å². The van der Waals surface area contributed by atoms with Gasteiger partial charge < -0.3 is 21.6 Å². The van der Waals surface area contributed by atoms with E-state index in [4.69, 9.17) is 22.2 Å². The number of hydrazine groups is 1. The number of amidine groups is 1. The van der Waals surface area contributed by atoms with E-state index in [9.17, 15) is 8.78 Å². The van der Waals surface area contributed by atoms with Crippen LogP contribution >= 0.6 is 0 Å². The minimum absolute atomic E-state index is 0.0664. The Morgan fingerprint density at radius 2 is 2.09 bits per heavy atom. The quantitative estimate of drug-likeness (QED) is 0.196. The highest BCUT2D eigenvalue weighted by atomic mass is 19.2. The van der Waals surface area contributed by atoms with E-state index in [1.807, 2.05) is 10.9 Å². The molecule has 1 atom stereocenters. The zero-order chi connectivity index (χ0) is 23.5. The molecule has 4 rings (SSSR count). The molecule has 3 aromatic rings. The van der Waals surface area contributed by atoms with Gasteiger partial charge in [-0.3, -0.25) is 9.69 Å². The molecule has 33 heavy (non-hydrogen) atoms. The Bertz CT molecular complexity index is 1170. The molecule has 1 unspecified atom stereocenters. The van der Waals surface area contributed by atoms with Crippen LogP contribution in [0.25, 0.3) is 11.1 Å². The average Bonchev–Trinajstić information content (AvgIpc) is 3.33. The molecule has 0 saturated carbocycles. The zero-order valence-electron chi connectivity index (χ0n) is 18.0. The number of nitrogen functional groups attached to an aromatic ring is 1. The van der Waals surface area contributed by atoms with Crippen molar-refractivity contribution in [3.8, 4) is 16.9 Å². The number of hydrazone groups is 1. The molecule has 1 saturated heterocycles. The van der Waals surface area contributed by atoms with Crippen LogP contribution in [0.5, 0.6) is 5.75 Å². The Labute approximate surface area is 189 Å². The van der Waals surface area contributed by atoms with Crippen molar-refractivity contribution in [3.63, 3.8) is 0 Å². The molecular weight excluding hydrogens is 432 g/mol. The highest BCUT2D eigenvalue weighted by Crippen LogP contribution is 2.30. The lowest BCUT2D eigenvalue weighted by Gasteiger charge is -2.23. The minimum atomic E-state index is -1.22. The number of nitrogens with two attached hydrogens (primary N) is 3. The molecule has 3 heterocycles. The van der Waals surface area contributed by atoms with Crippen LogP contribution in [-0.4, -0.2) is 40.8 Å². The van der Waals surface area contributed by atoms with Crippen LogP contribution in [0.3, 0.4) is 0 Å². The first-order valence-electron chi connectivity index (χ1n) is 10.3. The van der Waals surface area contributed by atoms with Crippen LogP contribution in [0, 0.1) is 11.6 Å². The Balaban J connectivity index is 1.67. The predicted octanol–water partition coefficient (Wildman–Crippen LogP) is 1.74. The van der Waals surface area contributed by atoms with E-state index in [1.165, 1.54) is 19.2 Å². The van der Waals surface area contributed by atoms with Gasteiger partial charge in [-0.2, -0.15) is 14.6 Å². The number of nitrogens with zero attached hydrogens (tertiary/aromatic N) is 5. The maximum atomic E-state index is 14.6. The number of piperidine rings is 1. The van der Waals surface area contributed by atoms with Crippen LogP contribution in [-0.2, 0) is 0 Å². The summed E-state index contributed by atoms with van der Waals surface area (Å²) in [5.74, 6) is 8.93. The van der Waals surface area contributed by atoms with E-state index in [-0.39, 0.29) is 34.7 Å². The second-order valence-electron chi connectivity index (χ2n) is 7.60. The molecule has 1 fully saturated rings. The van der Waals surface area contributed by atoms with E-state index in [0.29, 0.717) is 5.56 Å². The fraction of sp³-hybridized carbons (Fsp3) is 0.286. The second kappa shape index (κ2) is 9.38. The van der Waals surface area contributed by atoms with Crippen molar-refractivity contribution in [1.29, 1.82) is 0 Å². The largest absolute Gasteiger partial charge is 0.494 e. The van der Waals surface area contributed by atoms with E-state index >= 15 is 0 Å². The van der Waals surface area contributed by atoms with Crippen molar-refractivity contribution in [2.24, 2.45) is 16.8 Å². The van der Waals surface area contributed by atoms with Crippen LogP contribution in [0.15, 0.2) is 41.9 Å². The van der Waals surface area contributed by atoms with Crippen molar-refractivity contribution >= 4 is 17.3 Å². The lowest BCUT2D eigenvalue weighted by molar-refractivity contribution is 0.347. The third-order valence-electron chi connectivity index (χ3n) is 5.60. The topological polar surface area (TPSA) is 146 Å². The highest BCUT2D eigenvalue weighted by Gasteiger charge is 2.24. The minimum Gasteiger partial charge on any atom is -0.494 e. The maximum absolute atomic E-state index is 14.6. The Morgan fingerprint density at radius 3 is 2.79 bits per heavy atom. The van der Waals surface area contributed by atoms with Crippen LogP contribution < -0.4 is 32.5 Å². The van der Waals surface area contributed by atoms with E-state index in [0.717, 1.165) is 36.5 Å². The summed E-state index contributed by atoms with van der Waals surface area (Å²) in [6, 6.07) is 4.43. The number of benzene rings is 1. The fourth-order valence-electron chi connectivity index (χ4n) is 3.80. The van der Waals surface area contributed by atoms with Crippen molar-refractivity contribution in [1.82, 2.24) is 20.1 Å². The van der Waals surface area contributed by atoms with Crippen molar-refractivity contribution in [3.05, 3.63) is 54.0 Å². The van der Waals surface area contributed by atoms with Crippen molar-refractivity contribution in [2.75, 3.05) is 30.9 Å². The monoisotopic (exact) mass is 457 g/mol. The molecule has 1 aromatic carbocycles. The first-order chi connectivity index (χ1) is 15.9. The van der Waals surface area contributed by atoms with Crippen molar-refractivity contribution < 1.29 is 13.5 Å². The molecule has 0 amide bonds. The number of pyridine rings is 1. The van der Waals surface area contributed by atoms with Gasteiger partial charge in [-0.05, 0) is 37.6 Å². The lowest BCUT2D eigenvalue weighted by Crippen LogP contribution is -2.40. The molecule has 0 radical (unpaired) electrons. The summed E-state index contributed by atoms with van der Waals surface area (Å²) >= 11 is 0. The number of hydrogen-bond acceptors (Lipinski definition) is 8. The summed E-state index contributed by atoms with van der Waals surface area (Å²) in [6.07, 6.45) is 7.35. The number of rotatable bonds is 5. The number of hydrogen-bond donors (Lipinski definition) is 4. The van der Waals surface area contributed by atoms with Crippen LogP contribution in [0.2, 0.25) is 0 Å². The van der Waals surface area contributed by atoms with Gasteiger partial charge in [0.25, 0.3) is 0 Å². The number of aromatic nitrogens is 3. The standard InChI is InChI=1S/C21H25F2N9O/c1-33-17-5-4-16(18(22)19(17)23)32(26)21(30-25)15-7-12(8-28-20(15)24)13-9-29-31(11-13)14-3-2-6-27-10-14/h4-5,7-9,11,14,27H,2-3,6,10,25-26H2,1H3,(H2,24,28)/b30-21-. The first-order valence-corrected chi connectivity index (χ1v) is 10.3. The van der Waals surface area contributed by atoms with Gasteiger partial charge >= 0.3 is 0 Å². The molecule has 12 heteroatoms. The van der Waals surface area contributed by atoms with Gasteiger partial charge in [0.1, 0.15) is 5.82 Å². The SMILES string of the molecule is COc1ccc(N(N)/C(=N\N)c2cc(-c3cnn(C4CCCNC4)c3)cnc2N)c(F)c1F. The third kappa shape index (κ3) is 4.30. The summed E-state index contributed by atoms with van der Waals surface area (Å²) in [7, 11) is 1.23.